The summed E-state index contributed by atoms with van der Waals surface area (Å²) >= 11 is 1.88. The maximum atomic E-state index is 10.2. The van der Waals surface area contributed by atoms with Gasteiger partial charge in [-0.25, -0.2) is 0 Å². The van der Waals surface area contributed by atoms with E-state index < -0.39 is 60.8 Å². The lowest BCUT2D eigenvalue weighted by Gasteiger charge is -2.42. The van der Waals surface area contributed by atoms with E-state index in [-0.39, 0.29) is 4.43 Å². The molecule has 2 fully saturated rings. The Morgan fingerprint density at radius 1 is 1.09 bits per heavy atom. The van der Waals surface area contributed by atoms with Gasteiger partial charge in [-0.1, -0.05) is 29.2 Å². The molecule has 0 aromatic heterocycles. The molecule has 2 aliphatic rings. The Hall–Kier alpha value is -0.0900. The van der Waals surface area contributed by atoms with Crippen LogP contribution in [0.2, 0.25) is 0 Å². The Balaban J connectivity index is 2.15. The van der Waals surface area contributed by atoms with Crippen LogP contribution in [0.5, 0.6) is 0 Å². The lowest BCUT2D eigenvalue weighted by atomic mass is 10.00. The van der Waals surface area contributed by atoms with Crippen LogP contribution in [0.25, 0.3) is 0 Å². The van der Waals surface area contributed by atoms with E-state index in [1.807, 2.05) is 22.6 Å². The molecule has 2 rings (SSSR count). The first-order valence-corrected chi connectivity index (χ1v) is 8.22. The summed E-state index contributed by atoms with van der Waals surface area (Å²) in [6, 6.07) is 0. The van der Waals surface area contributed by atoms with Crippen LogP contribution in [0.1, 0.15) is 0 Å². The molecular weight excluding hydrogens is 431 g/mol. The highest BCUT2D eigenvalue weighted by atomic mass is 127. The second-order valence-corrected chi connectivity index (χ2v) is 6.26. The number of halogens is 1. The van der Waals surface area contributed by atoms with E-state index in [0.29, 0.717) is 0 Å². The number of alkyl halides is 1. The standard InChI is InChI=1S/C12H19IO10/c1-3(14)9-8(18)10(19)12(20,22-9)23-11-7(17)6(16)5(15)4(2-13)21-11/h4-11,14-20H,1-2H2/t4-,5-,6+,7-,8-,9-,10+,11?,12-/m1/s1. The van der Waals surface area contributed by atoms with Crippen LogP contribution < -0.4 is 0 Å². The van der Waals surface area contributed by atoms with Crippen molar-refractivity contribution in [1.29, 1.82) is 0 Å². The smallest absolute Gasteiger partial charge is 0.313 e. The molecule has 10 nitrogen and oxygen atoms in total. The molecule has 0 aromatic rings. The molecule has 9 atom stereocenters. The lowest BCUT2D eigenvalue weighted by molar-refractivity contribution is -0.439. The molecule has 2 aliphatic heterocycles. The van der Waals surface area contributed by atoms with Crippen molar-refractivity contribution in [2.24, 2.45) is 0 Å². The Morgan fingerprint density at radius 2 is 1.70 bits per heavy atom. The molecule has 0 bridgehead atoms. The van der Waals surface area contributed by atoms with Gasteiger partial charge in [0.2, 0.25) is 0 Å². The van der Waals surface area contributed by atoms with Crippen molar-refractivity contribution in [3.8, 4) is 0 Å². The maximum absolute atomic E-state index is 10.2. The highest BCUT2D eigenvalue weighted by Gasteiger charge is 2.59. The quantitative estimate of drug-likeness (QED) is 0.102. The fourth-order valence-electron chi connectivity index (χ4n) is 2.37. The van der Waals surface area contributed by atoms with Gasteiger partial charge < -0.3 is 45.2 Å². The Kier molecular flexibility index (Phi) is 5.88. The fourth-order valence-corrected chi connectivity index (χ4v) is 3.10. The molecule has 23 heavy (non-hydrogen) atoms. The van der Waals surface area contributed by atoms with Gasteiger partial charge in [-0.15, -0.1) is 0 Å². The highest BCUT2D eigenvalue weighted by Crippen LogP contribution is 2.36. The number of rotatable bonds is 4. The zero-order valence-corrected chi connectivity index (χ0v) is 13.9. The summed E-state index contributed by atoms with van der Waals surface area (Å²) in [4.78, 5) is 0. The molecule has 134 valence electrons. The van der Waals surface area contributed by atoms with E-state index in [0.717, 1.165) is 0 Å². The van der Waals surface area contributed by atoms with Crippen molar-refractivity contribution in [3.05, 3.63) is 12.3 Å². The summed E-state index contributed by atoms with van der Waals surface area (Å²) < 4.78 is 15.3. The van der Waals surface area contributed by atoms with Crippen LogP contribution in [-0.4, -0.2) is 95.2 Å². The number of aliphatic hydroxyl groups excluding tert-OH is 6. The third kappa shape index (κ3) is 3.49. The first-order valence-electron chi connectivity index (χ1n) is 6.70. The number of aliphatic hydroxyl groups is 7. The van der Waals surface area contributed by atoms with Gasteiger partial charge in [0.05, 0.1) is 6.10 Å². The van der Waals surface area contributed by atoms with Crippen LogP contribution in [0.3, 0.4) is 0 Å². The van der Waals surface area contributed by atoms with E-state index in [1.54, 1.807) is 0 Å². The molecule has 0 amide bonds. The monoisotopic (exact) mass is 450 g/mol. The van der Waals surface area contributed by atoms with Crippen molar-refractivity contribution in [1.82, 2.24) is 0 Å². The summed E-state index contributed by atoms with van der Waals surface area (Å²) in [5, 5.41) is 68.4. The van der Waals surface area contributed by atoms with E-state index in [1.165, 1.54) is 0 Å². The first-order chi connectivity index (χ1) is 10.6. The molecular formula is C12H19IO10. The van der Waals surface area contributed by atoms with Crippen LogP contribution in [0, 0.1) is 0 Å². The molecule has 7 N–H and O–H groups in total. The highest BCUT2D eigenvalue weighted by molar-refractivity contribution is 14.1. The Bertz CT molecular complexity index is 448. The largest absolute Gasteiger partial charge is 0.510 e. The molecule has 0 spiro atoms. The first kappa shape index (κ1) is 19.2. The van der Waals surface area contributed by atoms with E-state index in [4.69, 9.17) is 14.2 Å². The Morgan fingerprint density at radius 3 is 2.17 bits per heavy atom. The lowest BCUT2D eigenvalue weighted by Crippen LogP contribution is -2.61. The van der Waals surface area contributed by atoms with Crippen molar-refractivity contribution in [2.45, 2.75) is 55.0 Å². The van der Waals surface area contributed by atoms with Crippen molar-refractivity contribution in [3.63, 3.8) is 0 Å². The molecule has 2 saturated heterocycles. The summed E-state index contributed by atoms with van der Waals surface area (Å²) in [6.07, 6.45) is -12.6. The average molecular weight is 450 g/mol. The molecule has 0 radical (unpaired) electrons. The van der Waals surface area contributed by atoms with E-state index in [9.17, 15) is 35.7 Å². The minimum Gasteiger partial charge on any atom is -0.510 e. The van der Waals surface area contributed by atoms with Gasteiger partial charge in [0.1, 0.15) is 36.3 Å². The average Bonchev–Trinajstić information content (AvgIpc) is 2.73. The SMILES string of the molecule is C=C(O)[C@H]1O[C@@](O)(OC2O[C@H](CI)[C@@H](O)[C@H](O)[C@H]2O)[C@@H](O)[C@@H]1O. The van der Waals surface area contributed by atoms with Gasteiger partial charge in [-0.05, 0) is 0 Å². The summed E-state index contributed by atoms with van der Waals surface area (Å²) in [6.45, 7) is 3.13. The topological polar surface area (TPSA) is 169 Å². The predicted molar refractivity (Wildman–Crippen MR) is 80.3 cm³/mol. The predicted octanol–water partition coefficient (Wildman–Crippen LogP) is -2.92. The maximum Gasteiger partial charge on any atom is 0.313 e. The third-order valence-corrected chi connectivity index (χ3v) is 4.61. The summed E-state index contributed by atoms with van der Waals surface area (Å²) in [5.74, 6) is -3.47. The van der Waals surface area contributed by atoms with Gasteiger partial charge in [-0.3, -0.25) is 4.74 Å². The van der Waals surface area contributed by atoms with Crippen molar-refractivity contribution in [2.75, 3.05) is 4.43 Å². The fraction of sp³-hybridized carbons (Fsp3) is 0.833. The van der Waals surface area contributed by atoms with Crippen molar-refractivity contribution < 1.29 is 50.0 Å². The number of hydrogen-bond acceptors (Lipinski definition) is 10. The minimum absolute atomic E-state index is 0.239. The molecule has 11 heteroatoms. The van der Waals surface area contributed by atoms with Crippen LogP contribution in [-0.2, 0) is 14.2 Å². The normalized spacial score (nSPS) is 50.9. The molecule has 0 aliphatic carbocycles. The summed E-state index contributed by atoms with van der Waals surface area (Å²) in [7, 11) is 0. The zero-order chi connectivity index (χ0) is 17.5. The third-order valence-electron chi connectivity index (χ3n) is 3.74. The number of hydrogen-bond donors (Lipinski definition) is 7. The van der Waals surface area contributed by atoms with Gasteiger partial charge in [0.25, 0.3) is 0 Å². The van der Waals surface area contributed by atoms with Gasteiger partial charge in [0, 0.05) is 4.43 Å². The van der Waals surface area contributed by atoms with E-state index >= 15 is 0 Å². The molecule has 2 heterocycles. The number of ether oxygens (including phenoxy) is 3. The van der Waals surface area contributed by atoms with Gasteiger partial charge in [0.15, 0.2) is 12.4 Å². The molecule has 0 aromatic carbocycles. The van der Waals surface area contributed by atoms with Crippen LogP contribution >= 0.6 is 22.6 Å². The van der Waals surface area contributed by atoms with Gasteiger partial charge >= 0.3 is 5.97 Å². The van der Waals surface area contributed by atoms with Crippen LogP contribution in [0.15, 0.2) is 12.3 Å². The van der Waals surface area contributed by atoms with Crippen molar-refractivity contribution >= 4 is 22.6 Å². The van der Waals surface area contributed by atoms with Crippen LogP contribution in [0.4, 0.5) is 0 Å². The van der Waals surface area contributed by atoms with Gasteiger partial charge in [-0.2, -0.15) is 0 Å². The summed E-state index contributed by atoms with van der Waals surface area (Å²) in [5.41, 5.74) is 0. The Labute approximate surface area is 144 Å². The second kappa shape index (κ2) is 7.03. The molecule has 1 unspecified atom stereocenters. The zero-order valence-electron chi connectivity index (χ0n) is 11.8. The van der Waals surface area contributed by atoms with E-state index in [2.05, 4.69) is 6.58 Å². The molecule has 0 saturated carbocycles. The minimum atomic E-state index is -2.82. The second-order valence-electron chi connectivity index (χ2n) is 5.38.